The molecular weight excluding hydrogens is 372 g/mol. The van der Waals surface area contributed by atoms with Crippen LogP contribution in [0.1, 0.15) is 25.8 Å². The maximum absolute atomic E-state index is 12.5. The molecule has 26 heavy (non-hydrogen) atoms. The molecule has 2 amide bonds. The highest BCUT2D eigenvalue weighted by molar-refractivity contribution is 8.26. The standard InChI is InChI=1S/C18H20N2O4S2/c1-3-11(2)15(17(23)24)19-14(21)10-20-16(22)13(26-18(20)25)9-12-7-5-4-6-8-12/h4-9,11,15H,3,10H2,1-2H3,(H,19,21)(H,23,24)/p-1/b13-9-/t11-,15-/m0/s1. The Kier molecular flexibility index (Phi) is 6.93. The normalized spacial score (nSPS) is 18.1. The van der Waals surface area contributed by atoms with E-state index in [-0.39, 0.29) is 22.7 Å². The molecule has 2 rings (SSSR count). The van der Waals surface area contributed by atoms with Gasteiger partial charge in [-0.15, -0.1) is 0 Å². The van der Waals surface area contributed by atoms with Gasteiger partial charge in [0.1, 0.15) is 10.9 Å². The van der Waals surface area contributed by atoms with Crippen LogP contribution in [0.2, 0.25) is 0 Å². The predicted octanol–water partition coefficient (Wildman–Crippen LogP) is 1.17. The third-order valence-corrected chi connectivity index (χ3v) is 5.43. The van der Waals surface area contributed by atoms with E-state index >= 15 is 0 Å². The van der Waals surface area contributed by atoms with Crippen LogP contribution in [0.3, 0.4) is 0 Å². The predicted molar refractivity (Wildman–Crippen MR) is 103 cm³/mol. The molecule has 0 unspecified atom stereocenters. The van der Waals surface area contributed by atoms with Crippen molar-refractivity contribution >= 4 is 52.2 Å². The molecule has 1 aliphatic heterocycles. The molecular formula is C18H19N2O4S2-. The van der Waals surface area contributed by atoms with Crippen molar-refractivity contribution < 1.29 is 19.5 Å². The highest BCUT2D eigenvalue weighted by Crippen LogP contribution is 2.32. The minimum absolute atomic E-state index is 0.265. The van der Waals surface area contributed by atoms with Gasteiger partial charge in [0.05, 0.1) is 16.9 Å². The lowest BCUT2D eigenvalue weighted by Gasteiger charge is -2.26. The third kappa shape index (κ3) is 4.92. The molecule has 2 atom stereocenters. The summed E-state index contributed by atoms with van der Waals surface area (Å²) in [6.07, 6.45) is 2.28. The van der Waals surface area contributed by atoms with Crippen molar-refractivity contribution in [1.82, 2.24) is 10.2 Å². The number of nitrogens with one attached hydrogen (secondary N) is 1. The summed E-state index contributed by atoms with van der Waals surface area (Å²) >= 11 is 6.30. The summed E-state index contributed by atoms with van der Waals surface area (Å²) in [4.78, 5) is 37.5. The van der Waals surface area contributed by atoms with E-state index in [9.17, 15) is 19.5 Å². The Bertz CT molecular complexity index is 749. The summed E-state index contributed by atoms with van der Waals surface area (Å²) in [5.74, 6) is -2.58. The number of carboxylic acid groups (broad SMARTS) is 1. The molecule has 0 spiro atoms. The maximum atomic E-state index is 12.5. The van der Waals surface area contributed by atoms with E-state index in [2.05, 4.69) is 5.32 Å². The van der Waals surface area contributed by atoms with Crippen molar-refractivity contribution in [2.75, 3.05) is 6.54 Å². The smallest absolute Gasteiger partial charge is 0.266 e. The SMILES string of the molecule is CC[C@H](C)[C@H](NC(=O)CN1C(=O)/C(=C/c2ccccc2)SC1=S)C(=O)[O-]. The lowest BCUT2D eigenvalue weighted by Crippen LogP contribution is -2.53. The van der Waals surface area contributed by atoms with Gasteiger partial charge in [0.15, 0.2) is 0 Å². The van der Waals surface area contributed by atoms with Gasteiger partial charge in [0, 0.05) is 0 Å². The van der Waals surface area contributed by atoms with Crippen molar-refractivity contribution in [3.05, 3.63) is 40.8 Å². The molecule has 1 N–H and O–H groups in total. The van der Waals surface area contributed by atoms with Crippen LogP contribution in [0.4, 0.5) is 0 Å². The van der Waals surface area contributed by atoms with E-state index < -0.39 is 17.9 Å². The topological polar surface area (TPSA) is 89.5 Å². The molecule has 1 fully saturated rings. The van der Waals surface area contributed by atoms with Crippen molar-refractivity contribution in [2.24, 2.45) is 5.92 Å². The number of carboxylic acids is 1. The summed E-state index contributed by atoms with van der Waals surface area (Å²) in [6, 6.07) is 8.19. The highest BCUT2D eigenvalue weighted by atomic mass is 32.2. The van der Waals surface area contributed by atoms with E-state index in [1.54, 1.807) is 13.0 Å². The summed E-state index contributed by atoms with van der Waals surface area (Å²) in [5.41, 5.74) is 0.853. The fourth-order valence-corrected chi connectivity index (χ4v) is 3.62. The number of thioether (sulfide) groups is 1. The van der Waals surface area contributed by atoms with Crippen LogP contribution >= 0.6 is 24.0 Å². The molecule has 0 aromatic heterocycles. The van der Waals surface area contributed by atoms with E-state index in [1.807, 2.05) is 37.3 Å². The molecule has 1 aliphatic rings. The van der Waals surface area contributed by atoms with Gasteiger partial charge in [-0.1, -0.05) is 74.6 Å². The number of nitrogens with zero attached hydrogens (tertiary/aromatic N) is 1. The van der Waals surface area contributed by atoms with Gasteiger partial charge in [0.2, 0.25) is 5.91 Å². The van der Waals surface area contributed by atoms with Crippen molar-refractivity contribution in [3.63, 3.8) is 0 Å². The van der Waals surface area contributed by atoms with Gasteiger partial charge in [0.25, 0.3) is 5.91 Å². The second kappa shape index (κ2) is 8.95. The number of carbonyl (C=O) groups excluding carboxylic acids is 3. The molecule has 0 saturated carbocycles. The van der Waals surface area contributed by atoms with Gasteiger partial charge >= 0.3 is 0 Å². The van der Waals surface area contributed by atoms with Crippen molar-refractivity contribution in [2.45, 2.75) is 26.3 Å². The summed E-state index contributed by atoms with van der Waals surface area (Å²) in [6.45, 7) is 3.21. The van der Waals surface area contributed by atoms with E-state index in [1.165, 1.54) is 4.90 Å². The molecule has 0 aliphatic carbocycles. The fraction of sp³-hybridized carbons (Fsp3) is 0.333. The first-order chi connectivity index (χ1) is 12.3. The number of thiocarbonyl (C=S) groups is 1. The lowest BCUT2D eigenvalue weighted by molar-refractivity contribution is -0.309. The number of aliphatic carboxylic acids is 1. The average molecular weight is 391 g/mol. The summed E-state index contributed by atoms with van der Waals surface area (Å²) in [5, 5.41) is 13.6. The Balaban J connectivity index is 2.06. The van der Waals surface area contributed by atoms with Crippen LogP contribution in [0, 0.1) is 5.92 Å². The van der Waals surface area contributed by atoms with E-state index in [4.69, 9.17) is 12.2 Å². The van der Waals surface area contributed by atoms with Crippen LogP contribution < -0.4 is 10.4 Å². The van der Waals surface area contributed by atoms with E-state index in [0.29, 0.717) is 11.3 Å². The van der Waals surface area contributed by atoms with Gasteiger partial charge in [-0.25, -0.2) is 0 Å². The number of amides is 2. The second-order valence-corrected chi connectivity index (χ2v) is 7.60. The number of benzene rings is 1. The average Bonchev–Trinajstić information content (AvgIpc) is 2.87. The fourth-order valence-electron chi connectivity index (χ4n) is 2.37. The minimum atomic E-state index is -1.35. The largest absolute Gasteiger partial charge is 0.548 e. The minimum Gasteiger partial charge on any atom is -0.548 e. The molecule has 1 heterocycles. The van der Waals surface area contributed by atoms with Crippen LogP contribution in [0.5, 0.6) is 0 Å². The van der Waals surface area contributed by atoms with Crippen LogP contribution in [0.25, 0.3) is 6.08 Å². The third-order valence-electron chi connectivity index (χ3n) is 4.06. The van der Waals surface area contributed by atoms with Crippen molar-refractivity contribution in [1.29, 1.82) is 0 Å². The molecule has 0 bridgehead atoms. The molecule has 0 radical (unpaired) electrons. The van der Waals surface area contributed by atoms with E-state index in [0.717, 1.165) is 17.3 Å². The monoisotopic (exact) mass is 391 g/mol. The Labute approximate surface area is 161 Å². The zero-order valence-electron chi connectivity index (χ0n) is 14.4. The molecule has 138 valence electrons. The molecule has 6 nitrogen and oxygen atoms in total. The van der Waals surface area contributed by atoms with Crippen LogP contribution in [0.15, 0.2) is 35.2 Å². The Morgan fingerprint density at radius 1 is 1.35 bits per heavy atom. The maximum Gasteiger partial charge on any atom is 0.266 e. The number of hydrogen-bond donors (Lipinski definition) is 1. The van der Waals surface area contributed by atoms with Gasteiger partial charge in [-0.3, -0.25) is 14.5 Å². The first kappa shape index (κ1) is 20.1. The van der Waals surface area contributed by atoms with Crippen LogP contribution in [-0.2, 0) is 14.4 Å². The molecule has 1 aromatic rings. The Morgan fingerprint density at radius 2 is 2.00 bits per heavy atom. The molecule has 1 aromatic carbocycles. The van der Waals surface area contributed by atoms with Gasteiger partial charge in [-0.2, -0.15) is 0 Å². The number of hydrogen-bond acceptors (Lipinski definition) is 6. The van der Waals surface area contributed by atoms with Gasteiger partial charge in [-0.05, 0) is 17.6 Å². The Morgan fingerprint density at radius 3 is 2.58 bits per heavy atom. The highest BCUT2D eigenvalue weighted by Gasteiger charge is 2.34. The molecule has 8 heteroatoms. The van der Waals surface area contributed by atoms with Crippen LogP contribution in [-0.4, -0.2) is 39.6 Å². The summed E-state index contributed by atoms with van der Waals surface area (Å²) in [7, 11) is 0. The first-order valence-corrected chi connectivity index (χ1v) is 9.36. The number of rotatable bonds is 7. The Hall–Kier alpha value is -2.19. The quantitative estimate of drug-likeness (QED) is 0.554. The zero-order valence-corrected chi connectivity index (χ0v) is 16.1. The lowest BCUT2D eigenvalue weighted by atomic mass is 9.99. The van der Waals surface area contributed by atoms with Crippen molar-refractivity contribution in [3.8, 4) is 0 Å². The molecule has 1 saturated heterocycles. The summed E-state index contributed by atoms with van der Waals surface area (Å²) < 4.78 is 0.265. The zero-order chi connectivity index (χ0) is 19.3. The number of carbonyl (C=O) groups is 3. The first-order valence-electron chi connectivity index (χ1n) is 8.14. The second-order valence-electron chi connectivity index (χ2n) is 5.93. The van der Waals surface area contributed by atoms with Gasteiger partial charge < -0.3 is 15.2 Å².